The molecule has 3 N–H and O–H groups in total. The van der Waals surface area contributed by atoms with Gasteiger partial charge in [0.2, 0.25) is 0 Å². The summed E-state index contributed by atoms with van der Waals surface area (Å²) < 4.78 is 5.25. The molecule has 0 aliphatic carbocycles. The van der Waals surface area contributed by atoms with Crippen LogP contribution in [0.3, 0.4) is 0 Å². The van der Waals surface area contributed by atoms with Crippen LogP contribution in [0.5, 0.6) is 0 Å². The van der Waals surface area contributed by atoms with Crippen LogP contribution in [0.2, 0.25) is 0 Å². The van der Waals surface area contributed by atoms with Gasteiger partial charge in [0.05, 0.1) is 18.3 Å². The second-order valence-electron chi connectivity index (χ2n) is 3.31. The van der Waals surface area contributed by atoms with Gasteiger partial charge in [-0.05, 0) is 20.8 Å². The Balaban J connectivity index is 3.36. The van der Waals surface area contributed by atoms with Gasteiger partial charge in [-0.3, -0.25) is 0 Å². The van der Waals surface area contributed by atoms with Gasteiger partial charge in [-0.2, -0.15) is 0 Å². The number of aliphatic hydroxyl groups is 1. The van der Waals surface area contributed by atoms with Gasteiger partial charge in [0, 0.05) is 6.54 Å². The number of hydrogen-bond acceptors (Lipinski definition) is 3. The van der Waals surface area contributed by atoms with Crippen LogP contribution in [0.25, 0.3) is 0 Å². The summed E-state index contributed by atoms with van der Waals surface area (Å²) >= 11 is 0. The van der Waals surface area contributed by atoms with Crippen molar-refractivity contribution in [2.24, 2.45) is 5.73 Å². The third-order valence-electron chi connectivity index (χ3n) is 0.981. The van der Waals surface area contributed by atoms with E-state index in [4.69, 9.17) is 15.6 Å². The van der Waals surface area contributed by atoms with Crippen molar-refractivity contribution < 1.29 is 9.84 Å². The molecule has 0 saturated heterocycles. The summed E-state index contributed by atoms with van der Waals surface area (Å²) in [4.78, 5) is 0. The van der Waals surface area contributed by atoms with Gasteiger partial charge in [-0.1, -0.05) is 0 Å². The van der Waals surface area contributed by atoms with E-state index in [1.54, 1.807) is 0 Å². The smallest absolute Gasteiger partial charge is 0.0895 e. The summed E-state index contributed by atoms with van der Waals surface area (Å²) in [6.07, 6.45) is -0.528. The molecule has 0 heterocycles. The van der Waals surface area contributed by atoms with Gasteiger partial charge in [-0.15, -0.1) is 0 Å². The summed E-state index contributed by atoms with van der Waals surface area (Å²) in [5.74, 6) is 0. The molecule has 0 radical (unpaired) electrons. The lowest BCUT2D eigenvalue weighted by Gasteiger charge is -2.21. The summed E-state index contributed by atoms with van der Waals surface area (Å²) in [5.41, 5.74) is 4.99. The minimum absolute atomic E-state index is 0.184. The predicted octanol–water partition coefficient (Wildman–Crippen LogP) is 0.121. The van der Waals surface area contributed by atoms with E-state index in [0.29, 0.717) is 6.61 Å². The third kappa shape index (κ3) is 6.01. The first-order valence-corrected chi connectivity index (χ1v) is 3.48. The van der Waals surface area contributed by atoms with E-state index in [0.717, 1.165) is 0 Å². The number of hydrogen-bond donors (Lipinski definition) is 2. The molecular weight excluding hydrogens is 130 g/mol. The topological polar surface area (TPSA) is 55.5 Å². The quantitative estimate of drug-likeness (QED) is 0.596. The first-order chi connectivity index (χ1) is 4.45. The molecule has 0 aromatic rings. The zero-order valence-corrected chi connectivity index (χ0v) is 6.92. The Morgan fingerprint density at radius 1 is 1.50 bits per heavy atom. The minimum Gasteiger partial charge on any atom is -0.389 e. The van der Waals surface area contributed by atoms with E-state index in [9.17, 15) is 0 Å². The predicted molar refractivity (Wildman–Crippen MR) is 40.8 cm³/mol. The molecule has 0 aromatic heterocycles. The Kier molecular flexibility index (Phi) is 3.86. The lowest BCUT2D eigenvalue weighted by atomic mass is 10.2. The number of rotatable bonds is 3. The van der Waals surface area contributed by atoms with Crippen molar-refractivity contribution in [2.45, 2.75) is 32.5 Å². The fourth-order valence-corrected chi connectivity index (χ4v) is 0.414. The fourth-order valence-electron chi connectivity index (χ4n) is 0.414. The Bertz CT molecular complexity index is 88.1. The van der Waals surface area contributed by atoms with Crippen LogP contribution in [-0.4, -0.2) is 30.0 Å². The highest BCUT2D eigenvalue weighted by atomic mass is 16.5. The third-order valence-corrected chi connectivity index (χ3v) is 0.981. The molecular formula is C7H17NO2. The van der Waals surface area contributed by atoms with Crippen molar-refractivity contribution in [1.29, 1.82) is 0 Å². The zero-order chi connectivity index (χ0) is 8.20. The largest absolute Gasteiger partial charge is 0.389 e. The molecule has 0 unspecified atom stereocenters. The average molecular weight is 147 g/mol. The molecule has 0 aliphatic heterocycles. The molecule has 0 spiro atoms. The summed E-state index contributed by atoms with van der Waals surface area (Å²) in [7, 11) is 0. The Morgan fingerprint density at radius 2 is 2.00 bits per heavy atom. The second kappa shape index (κ2) is 3.91. The van der Waals surface area contributed by atoms with Crippen LogP contribution in [0.4, 0.5) is 0 Å². The second-order valence-corrected chi connectivity index (χ2v) is 3.31. The fraction of sp³-hybridized carbons (Fsp3) is 1.00. The molecule has 62 valence electrons. The molecule has 3 nitrogen and oxygen atoms in total. The van der Waals surface area contributed by atoms with E-state index >= 15 is 0 Å². The first kappa shape index (κ1) is 9.88. The molecule has 0 fully saturated rings. The Labute approximate surface area is 62.2 Å². The lowest BCUT2D eigenvalue weighted by molar-refractivity contribution is -0.0459. The number of ether oxygens (including phenoxy) is 1. The van der Waals surface area contributed by atoms with Crippen LogP contribution in [0.1, 0.15) is 20.8 Å². The highest BCUT2D eigenvalue weighted by Crippen LogP contribution is 2.06. The van der Waals surface area contributed by atoms with Crippen molar-refractivity contribution in [2.75, 3.05) is 13.2 Å². The molecule has 3 heteroatoms. The summed E-state index contributed by atoms with van der Waals surface area (Å²) in [5, 5.41) is 8.97. The van der Waals surface area contributed by atoms with Crippen LogP contribution in [-0.2, 0) is 4.74 Å². The van der Waals surface area contributed by atoms with E-state index in [2.05, 4.69) is 0 Å². The van der Waals surface area contributed by atoms with Gasteiger partial charge in [-0.25, -0.2) is 0 Å². The van der Waals surface area contributed by atoms with Gasteiger partial charge in [0.15, 0.2) is 0 Å². The average Bonchev–Trinajstić information content (AvgIpc) is 1.81. The van der Waals surface area contributed by atoms with Gasteiger partial charge in [0.25, 0.3) is 0 Å². The van der Waals surface area contributed by atoms with E-state index in [1.165, 1.54) is 0 Å². The van der Waals surface area contributed by atoms with Gasteiger partial charge < -0.3 is 15.6 Å². The molecule has 0 saturated carbocycles. The van der Waals surface area contributed by atoms with Crippen molar-refractivity contribution in [3.8, 4) is 0 Å². The zero-order valence-electron chi connectivity index (χ0n) is 6.92. The van der Waals surface area contributed by atoms with E-state index in [1.807, 2.05) is 20.8 Å². The highest BCUT2D eigenvalue weighted by Gasteiger charge is 2.11. The van der Waals surface area contributed by atoms with Crippen molar-refractivity contribution >= 4 is 0 Å². The standard InChI is InChI=1S/C7H17NO2/c1-7(2,3)10-5-6(9)4-8/h6,9H,4-5,8H2,1-3H3/t6-/m1/s1. The maximum Gasteiger partial charge on any atom is 0.0895 e. The van der Waals surface area contributed by atoms with Crippen LogP contribution in [0, 0.1) is 0 Å². The highest BCUT2D eigenvalue weighted by molar-refractivity contribution is 4.61. The van der Waals surface area contributed by atoms with Crippen LogP contribution in [0.15, 0.2) is 0 Å². The monoisotopic (exact) mass is 147 g/mol. The first-order valence-electron chi connectivity index (χ1n) is 3.48. The molecule has 0 aromatic carbocycles. The molecule has 1 atom stereocenters. The van der Waals surface area contributed by atoms with E-state index in [-0.39, 0.29) is 12.1 Å². The molecule has 0 rings (SSSR count). The van der Waals surface area contributed by atoms with E-state index < -0.39 is 6.10 Å². The maximum absolute atomic E-state index is 8.97. The minimum atomic E-state index is -0.528. The number of nitrogens with two attached hydrogens (primary N) is 1. The SMILES string of the molecule is CC(C)(C)OC[C@H](O)CN. The van der Waals surface area contributed by atoms with Crippen molar-refractivity contribution in [1.82, 2.24) is 0 Å². The summed E-state index contributed by atoms with van der Waals surface area (Å²) in [6, 6.07) is 0. The van der Waals surface area contributed by atoms with Crippen molar-refractivity contribution in [3.63, 3.8) is 0 Å². The van der Waals surface area contributed by atoms with Crippen LogP contribution >= 0.6 is 0 Å². The van der Waals surface area contributed by atoms with Gasteiger partial charge >= 0.3 is 0 Å². The Morgan fingerprint density at radius 3 is 2.30 bits per heavy atom. The summed E-state index contributed by atoms with van der Waals surface area (Å²) in [6.45, 7) is 6.40. The van der Waals surface area contributed by atoms with Crippen molar-refractivity contribution in [3.05, 3.63) is 0 Å². The Hall–Kier alpha value is -0.120. The normalized spacial score (nSPS) is 15.3. The molecule has 0 bridgehead atoms. The molecule has 10 heavy (non-hydrogen) atoms. The number of aliphatic hydroxyl groups excluding tert-OH is 1. The molecule has 0 aliphatic rings. The van der Waals surface area contributed by atoms with Gasteiger partial charge in [0.1, 0.15) is 0 Å². The van der Waals surface area contributed by atoms with Crippen LogP contribution < -0.4 is 5.73 Å². The maximum atomic E-state index is 8.97. The molecule has 0 amide bonds. The lowest BCUT2D eigenvalue weighted by Crippen LogP contribution is -2.30.